The summed E-state index contributed by atoms with van der Waals surface area (Å²) < 4.78 is 2.04. The Kier molecular flexibility index (Phi) is 3.73. The van der Waals surface area contributed by atoms with E-state index in [0.29, 0.717) is 16.5 Å². The summed E-state index contributed by atoms with van der Waals surface area (Å²) in [7, 11) is 1.88. The number of carbonyl (C=O) groups excluding carboxylic acids is 1. The SMILES string of the molecule is CN(CC1CCC1)C(=O)c1sc2ccc(Br)cc2c1N. The van der Waals surface area contributed by atoms with Gasteiger partial charge in [-0.2, -0.15) is 0 Å². The number of carbonyl (C=O) groups is 1. The van der Waals surface area contributed by atoms with Crippen molar-refractivity contribution in [1.29, 1.82) is 0 Å². The number of hydrogen-bond acceptors (Lipinski definition) is 3. The summed E-state index contributed by atoms with van der Waals surface area (Å²) in [5, 5.41) is 0.963. The summed E-state index contributed by atoms with van der Waals surface area (Å²) in [6.07, 6.45) is 3.78. The number of fused-ring (bicyclic) bond motifs is 1. The van der Waals surface area contributed by atoms with Gasteiger partial charge in [0.2, 0.25) is 0 Å². The molecule has 1 saturated carbocycles. The summed E-state index contributed by atoms with van der Waals surface area (Å²) in [4.78, 5) is 15.0. The molecule has 1 aliphatic rings. The van der Waals surface area contributed by atoms with Gasteiger partial charge in [-0.3, -0.25) is 4.79 Å². The van der Waals surface area contributed by atoms with Gasteiger partial charge in [0, 0.05) is 28.2 Å². The Morgan fingerprint density at radius 3 is 2.90 bits per heavy atom. The zero-order chi connectivity index (χ0) is 14.3. The van der Waals surface area contributed by atoms with Crippen LogP contribution in [0.15, 0.2) is 22.7 Å². The van der Waals surface area contributed by atoms with E-state index in [1.165, 1.54) is 30.6 Å². The molecule has 1 aromatic carbocycles. The summed E-state index contributed by atoms with van der Waals surface area (Å²) in [6, 6.07) is 5.96. The lowest BCUT2D eigenvalue weighted by Crippen LogP contribution is -2.34. The Labute approximate surface area is 130 Å². The maximum Gasteiger partial charge on any atom is 0.265 e. The molecule has 2 aromatic rings. The quantitative estimate of drug-likeness (QED) is 0.902. The molecule has 0 spiro atoms. The minimum absolute atomic E-state index is 0.0479. The molecule has 3 rings (SSSR count). The molecule has 2 N–H and O–H groups in total. The third kappa shape index (κ3) is 2.44. The van der Waals surface area contributed by atoms with Crippen molar-refractivity contribution in [2.75, 3.05) is 19.3 Å². The van der Waals surface area contributed by atoms with E-state index in [0.717, 1.165) is 21.1 Å². The van der Waals surface area contributed by atoms with Gasteiger partial charge in [-0.05, 0) is 37.0 Å². The second kappa shape index (κ2) is 5.37. The highest BCUT2D eigenvalue weighted by atomic mass is 79.9. The van der Waals surface area contributed by atoms with Crippen LogP contribution in [0.2, 0.25) is 0 Å². The largest absolute Gasteiger partial charge is 0.397 e. The smallest absolute Gasteiger partial charge is 0.265 e. The molecule has 1 aliphatic carbocycles. The first-order chi connectivity index (χ1) is 9.56. The molecule has 1 amide bonds. The molecule has 3 nitrogen and oxygen atoms in total. The van der Waals surface area contributed by atoms with Crippen LogP contribution in [0.4, 0.5) is 5.69 Å². The van der Waals surface area contributed by atoms with Crippen molar-refractivity contribution in [3.63, 3.8) is 0 Å². The number of anilines is 1. The van der Waals surface area contributed by atoms with Gasteiger partial charge in [0.15, 0.2) is 0 Å². The van der Waals surface area contributed by atoms with Gasteiger partial charge in [-0.15, -0.1) is 11.3 Å². The van der Waals surface area contributed by atoms with E-state index in [-0.39, 0.29) is 5.91 Å². The number of nitrogen functional groups attached to an aromatic ring is 1. The summed E-state index contributed by atoms with van der Waals surface area (Å²) in [6.45, 7) is 0.843. The molecule has 1 aromatic heterocycles. The van der Waals surface area contributed by atoms with Crippen LogP contribution in [-0.4, -0.2) is 24.4 Å². The minimum atomic E-state index is 0.0479. The lowest BCUT2D eigenvalue weighted by Gasteiger charge is -2.30. The van der Waals surface area contributed by atoms with Gasteiger partial charge >= 0.3 is 0 Å². The van der Waals surface area contributed by atoms with Gasteiger partial charge < -0.3 is 10.6 Å². The van der Waals surface area contributed by atoms with Gasteiger partial charge in [0.1, 0.15) is 4.88 Å². The number of amides is 1. The van der Waals surface area contributed by atoms with Crippen LogP contribution >= 0.6 is 27.3 Å². The lowest BCUT2D eigenvalue weighted by atomic mass is 9.85. The third-order valence-electron chi connectivity index (χ3n) is 3.99. The fourth-order valence-corrected chi connectivity index (χ4v) is 4.03. The Hall–Kier alpha value is -1.07. The second-order valence-corrected chi connectivity index (χ2v) is 7.44. The average Bonchev–Trinajstić information content (AvgIpc) is 2.70. The third-order valence-corrected chi connectivity index (χ3v) is 5.65. The lowest BCUT2D eigenvalue weighted by molar-refractivity contribution is 0.0751. The van der Waals surface area contributed by atoms with Crippen molar-refractivity contribution in [3.05, 3.63) is 27.5 Å². The predicted molar refractivity (Wildman–Crippen MR) is 88.2 cm³/mol. The van der Waals surface area contributed by atoms with Crippen LogP contribution in [-0.2, 0) is 0 Å². The van der Waals surface area contributed by atoms with E-state index in [2.05, 4.69) is 15.9 Å². The van der Waals surface area contributed by atoms with E-state index >= 15 is 0 Å². The minimum Gasteiger partial charge on any atom is -0.397 e. The first kappa shape index (κ1) is 13.9. The molecule has 106 valence electrons. The molecule has 0 radical (unpaired) electrons. The molecule has 5 heteroatoms. The van der Waals surface area contributed by atoms with E-state index in [9.17, 15) is 4.79 Å². The standard InChI is InChI=1S/C15H17BrN2OS/c1-18(8-9-3-2-4-9)15(19)14-13(17)11-7-10(16)5-6-12(11)20-14/h5-7,9H,2-4,8,17H2,1H3. The van der Waals surface area contributed by atoms with Crippen molar-refractivity contribution < 1.29 is 4.79 Å². The molecule has 1 fully saturated rings. The second-order valence-electron chi connectivity index (χ2n) is 5.47. The normalized spacial score (nSPS) is 15.3. The number of hydrogen-bond donors (Lipinski definition) is 1. The summed E-state index contributed by atoms with van der Waals surface area (Å²) in [5.74, 6) is 0.723. The molecule has 0 saturated heterocycles. The fourth-order valence-electron chi connectivity index (χ4n) is 2.57. The number of nitrogens with two attached hydrogens (primary N) is 1. The molecular weight excluding hydrogens is 336 g/mol. The fraction of sp³-hybridized carbons (Fsp3) is 0.400. The molecule has 20 heavy (non-hydrogen) atoms. The van der Waals surface area contributed by atoms with Crippen LogP contribution in [0.1, 0.15) is 28.9 Å². The van der Waals surface area contributed by atoms with Gasteiger partial charge in [0.05, 0.1) is 5.69 Å². The van der Waals surface area contributed by atoms with Gasteiger partial charge in [0.25, 0.3) is 5.91 Å². The highest BCUT2D eigenvalue weighted by molar-refractivity contribution is 9.10. The van der Waals surface area contributed by atoms with Gasteiger partial charge in [-0.25, -0.2) is 0 Å². The van der Waals surface area contributed by atoms with Crippen LogP contribution in [0.5, 0.6) is 0 Å². The highest BCUT2D eigenvalue weighted by Crippen LogP contribution is 2.36. The molecule has 0 atom stereocenters. The highest BCUT2D eigenvalue weighted by Gasteiger charge is 2.24. The van der Waals surface area contributed by atoms with E-state index in [4.69, 9.17) is 5.73 Å². The zero-order valence-corrected chi connectivity index (χ0v) is 13.8. The maximum absolute atomic E-state index is 12.5. The molecule has 0 bridgehead atoms. The molecule has 1 heterocycles. The Balaban J connectivity index is 1.88. The Morgan fingerprint density at radius 1 is 1.50 bits per heavy atom. The van der Waals surface area contributed by atoms with Crippen molar-refractivity contribution in [2.45, 2.75) is 19.3 Å². The van der Waals surface area contributed by atoms with Crippen molar-refractivity contribution in [3.8, 4) is 0 Å². The van der Waals surface area contributed by atoms with Crippen LogP contribution < -0.4 is 5.73 Å². The number of rotatable bonds is 3. The van der Waals surface area contributed by atoms with Crippen LogP contribution in [0.25, 0.3) is 10.1 Å². The maximum atomic E-state index is 12.5. The number of halogens is 1. The molecular formula is C15H17BrN2OS. The number of thiophene rings is 1. The number of nitrogens with zero attached hydrogens (tertiary/aromatic N) is 1. The van der Waals surface area contributed by atoms with Crippen molar-refractivity contribution in [1.82, 2.24) is 4.90 Å². The topological polar surface area (TPSA) is 46.3 Å². The zero-order valence-electron chi connectivity index (χ0n) is 11.4. The van der Waals surface area contributed by atoms with E-state index < -0.39 is 0 Å². The predicted octanol–water partition coefficient (Wildman–Crippen LogP) is 4.12. The monoisotopic (exact) mass is 352 g/mol. The van der Waals surface area contributed by atoms with Crippen molar-refractivity contribution in [2.24, 2.45) is 5.92 Å². The average molecular weight is 353 g/mol. The molecule has 0 aliphatic heterocycles. The van der Waals surface area contributed by atoms with Crippen molar-refractivity contribution >= 4 is 48.9 Å². The van der Waals surface area contributed by atoms with Crippen LogP contribution in [0, 0.1) is 5.92 Å². The van der Waals surface area contributed by atoms with Gasteiger partial charge in [-0.1, -0.05) is 22.4 Å². The Bertz CT molecular complexity index is 663. The summed E-state index contributed by atoms with van der Waals surface area (Å²) >= 11 is 4.93. The molecule has 0 unspecified atom stereocenters. The summed E-state index contributed by atoms with van der Waals surface area (Å²) in [5.41, 5.74) is 6.77. The van der Waals surface area contributed by atoms with E-state index in [1.807, 2.05) is 30.1 Å². The first-order valence-electron chi connectivity index (χ1n) is 6.79. The van der Waals surface area contributed by atoms with E-state index in [1.54, 1.807) is 0 Å². The van der Waals surface area contributed by atoms with Crippen LogP contribution in [0.3, 0.4) is 0 Å². The first-order valence-corrected chi connectivity index (χ1v) is 8.40. The number of benzene rings is 1. The Morgan fingerprint density at radius 2 is 2.25 bits per heavy atom.